The van der Waals surface area contributed by atoms with Crippen LogP contribution in [0.15, 0.2) is 24.3 Å². The van der Waals surface area contributed by atoms with Crippen LogP contribution < -0.4 is 0 Å². The fourth-order valence-corrected chi connectivity index (χ4v) is 2.08. The van der Waals surface area contributed by atoms with Crippen LogP contribution in [-0.4, -0.2) is 15.8 Å². The second kappa shape index (κ2) is 5.11. The van der Waals surface area contributed by atoms with Crippen LogP contribution in [0.25, 0.3) is 11.4 Å². The Kier molecular flexibility index (Phi) is 3.65. The van der Waals surface area contributed by atoms with Crippen LogP contribution in [0.2, 0.25) is 0 Å². The van der Waals surface area contributed by atoms with Crippen LogP contribution in [0.4, 0.5) is 13.2 Å². The highest BCUT2D eigenvalue weighted by atomic mass is 19.4. The topological polar surface area (TPSA) is 34.9 Å². The zero-order chi connectivity index (χ0) is 14.9. The third-order valence-corrected chi connectivity index (χ3v) is 3.16. The summed E-state index contributed by atoms with van der Waals surface area (Å²) in [6, 6.07) is 4.76. The molecular formula is C14H13F3N2O. The summed E-state index contributed by atoms with van der Waals surface area (Å²) in [4.78, 5) is 15.1. The summed E-state index contributed by atoms with van der Waals surface area (Å²) in [6.45, 7) is 4.23. The fourth-order valence-electron chi connectivity index (χ4n) is 2.08. The predicted molar refractivity (Wildman–Crippen MR) is 68.5 cm³/mol. The molecule has 0 bridgehead atoms. The smallest absolute Gasteiger partial charge is 0.328 e. The molecule has 0 unspecified atom stereocenters. The molecule has 2 aromatic rings. The molecule has 1 aromatic carbocycles. The average molecular weight is 282 g/mol. The van der Waals surface area contributed by atoms with Crippen LogP contribution in [0.1, 0.15) is 28.7 Å². The molecule has 0 atom stereocenters. The van der Waals surface area contributed by atoms with Crippen LogP contribution in [-0.2, 0) is 12.7 Å². The van der Waals surface area contributed by atoms with Gasteiger partial charge in [-0.2, -0.15) is 13.2 Å². The minimum absolute atomic E-state index is 0.307. The van der Waals surface area contributed by atoms with Gasteiger partial charge in [-0.3, -0.25) is 4.79 Å². The first kappa shape index (κ1) is 14.3. The maximum atomic E-state index is 12.5. The highest BCUT2D eigenvalue weighted by molar-refractivity contribution is 5.76. The summed E-state index contributed by atoms with van der Waals surface area (Å²) in [7, 11) is 0. The molecule has 0 aliphatic heterocycles. The molecule has 0 amide bonds. The van der Waals surface area contributed by atoms with E-state index < -0.39 is 11.7 Å². The minimum atomic E-state index is -4.36. The number of aldehydes is 1. The van der Waals surface area contributed by atoms with Crippen molar-refractivity contribution in [3.8, 4) is 11.4 Å². The number of imidazole rings is 1. The van der Waals surface area contributed by atoms with Gasteiger partial charge in [0.1, 0.15) is 11.5 Å². The van der Waals surface area contributed by atoms with Crippen LogP contribution in [0.5, 0.6) is 0 Å². The number of rotatable bonds is 3. The van der Waals surface area contributed by atoms with Crippen LogP contribution >= 0.6 is 0 Å². The normalized spacial score (nSPS) is 11.7. The molecule has 0 fully saturated rings. The molecule has 0 radical (unpaired) electrons. The number of carbonyl (C=O) groups is 1. The average Bonchev–Trinajstić information content (AvgIpc) is 2.74. The maximum Gasteiger partial charge on any atom is 0.416 e. The lowest BCUT2D eigenvalue weighted by atomic mass is 10.1. The van der Waals surface area contributed by atoms with Crippen LogP contribution in [0.3, 0.4) is 0 Å². The van der Waals surface area contributed by atoms with Gasteiger partial charge in [0.2, 0.25) is 0 Å². The molecule has 0 aliphatic rings. The maximum absolute atomic E-state index is 12.5. The van der Waals surface area contributed by atoms with E-state index >= 15 is 0 Å². The van der Waals surface area contributed by atoms with Crippen molar-refractivity contribution in [3.05, 3.63) is 41.2 Å². The van der Waals surface area contributed by atoms with Crippen molar-refractivity contribution < 1.29 is 18.0 Å². The van der Waals surface area contributed by atoms with Gasteiger partial charge in [-0.15, -0.1) is 0 Å². The van der Waals surface area contributed by atoms with Gasteiger partial charge in [-0.1, -0.05) is 12.1 Å². The lowest BCUT2D eigenvalue weighted by Crippen LogP contribution is -2.05. The molecule has 20 heavy (non-hydrogen) atoms. The second-order valence-corrected chi connectivity index (χ2v) is 4.34. The summed E-state index contributed by atoms with van der Waals surface area (Å²) in [6.07, 6.45) is -3.71. The molecule has 0 saturated carbocycles. The molecule has 0 aliphatic carbocycles. The van der Waals surface area contributed by atoms with Crippen molar-refractivity contribution >= 4 is 6.29 Å². The summed E-state index contributed by atoms with van der Waals surface area (Å²) in [5.74, 6) is 0.501. The van der Waals surface area contributed by atoms with E-state index in [-0.39, 0.29) is 0 Å². The molecule has 2 rings (SSSR count). The van der Waals surface area contributed by atoms with E-state index in [1.54, 1.807) is 11.5 Å². The summed E-state index contributed by atoms with van der Waals surface area (Å²) in [5, 5.41) is 0. The van der Waals surface area contributed by atoms with Crippen molar-refractivity contribution in [1.82, 2.24) is 9.55 Å². The lowest BCUT2D eigenvalue weighted by Gasteiger charge is -2.09. The predicted octanol–water partition coefficient (Wildman–Crippen LogP) is 3.71. The Morgan fingerprint density at radius 1 is 1.25 bits per heavy atom. The molecular weight excluding hydrogens is 269 g/mol. The summed E-state index contributed by atoms with van der Waals surface area (Å²) in [5.41, 5.74) is 0.860. The van der Waals surface area contributed by atoms with E-state index in [9.17, 15) is 18.0 Å². The number of hydrogen-bond donors (Lipinski definition) is 0. The minimum Gasteiger partial charge on any atom is -0.328 e. The summed E-state index contributed by atoms with van der Waals surface area (Å²) >= 11 is 0. The second-order valence-electron chi connectivity index (χ2n) is 4.34. The van der Waals surface area contributed by atoms with Crippen LogP contribution in [0, 0.1) is 6.92 Å². The Labute approximate surface area is 114 Å². The quantitative estimate of drug-likeness (QED) is 0.804. The molecule has 0 N–H and O–H groups in total. The Morgan fingerprint density at radius 2 is 1.85 bits per heavy atom. The number of nitrogens with zero attached hydrogens (tertiary/aromatic N) is 2. The van der Waals surface area contributed by atoms with E-state index in [1.165, 1.54) is 12.1 Å². The largest absolute Gasteiger partial charge is 0.416 e. The standard InChI is InChI=1S/C14H13F3N2O/c1-3-19-9(2)12(8-20)18-13(19)10-4-6-11(7-5-10)14(15,16)17/h4-8H,3H2,1-2H3. The number of hydrogen-bond acceptors (Lipinski definition) is 2. The Morgan fingerprint density at radius 3 is 2.30 bits per heavy atom. The fraction of sp³-hybridized carbons (Fsp3) is 0.286. The molecule has 0 saturated heterocycles. The lowest BCUT2D eigenvalue weighted by molar-refractivity contribution is -0.137. The van der Waals surface area contributed by atoms with Crippen molar-refractivity contribution in [2.45, 2.75) is 26.6 Å². The highest BCUT2D eigenvalue weighted by Gasteiger charge is 2.30. The van der Waals surface area contributed by atoms with E-state index in [4.69, 9.17) is 0 Å². The first-order valence-electron chi connectivity index (χ1n) is 6.08. The third kappa shape index (κ3) is 2.45. The first-order valence-corrected chi connectivity index (χ1v) is 6.08. The Bertz CT molecular complexity index is 627. The zero-order valence-electron chi connectivity index (χ0n) is 11.0. The number of carbonyl (C=O) groups excluding carboxylic acids is 1. The van der Waals surface area contributed by atoms with Crippen molar-refractivity contribution in [1.29, 1.82) is 0 Å². The van der Waals surface area contributed by atoms with Gasteiger partial charge in [0.15, 0.2) is 6.29 Å². The SMILES string of the molecule is CCn1c(-c2ccc(C(F)(F)F)cc2)nc(C=O)c1C. The Hall–Kier alpha value is -2.11. The van der Waals surface area contributed by atoms with Gasteiger partial charge < -0.3 is 4.57 Å². The van der Waals surface area contributed by atoms with Crippen molar-refractivity contribution in [2.75, 3.05) is 0 Å². The number of alkyl halides is 3. The molecule has 6 heteroatoms. The zero-order valence-corrected chi connectivity index (χ0v) is 11.0. The number of halogens is 3. The molecule has 1 aromatic heterocycles. The van der Waals surface area contributed by atoms with Gasteiger partial charge in [0.05, 0.1) is 5.56 Å². The van der Waals surface area contributed by atoms with Crippen molar-refractivity contribution in [3.63, 3.8) is 0 Å². The van der Waals surface area contributed by atoms with E-state index in [0.29, 0.717) is 35.6 Å². The number of benzene rings is 1. The van der Waals surface area contributed by atoms with Gasteiger partial charge >= 0.3 is 6.18 Å². The molecule has 106 valence electrons. The van der Waals surface area contributed by atoms with Gasteiger partial charge in [-0.25, -0.2) is 4.98 Å². The Balaban J connectivity index is 2.49. The summed E-state index contributed by atoms with van der Waals surface area (Å²) < 4.78 is 39.4. The van der Waals surface area contributed by atoms with E-state index in [1.807, 2.05) is 6.92 Å². The first-order chi connectivity index (χ1) is 9.38. The molecule has 0 spiro atoms. The van der Waals surface area contributed by atoms with E-state index in [0.717, 1.165) is 12.1 Å². The van der Waals surface area contributed by atoms with Crippen molar-refractivity contribution in [2.24, 2.45) is 0 Å². The van der Waals surface area contributed by atoms with E-state index in [2.05, 4.69) is 4.98 Å². The van der Waals surface area contributed by atoms with Gasteiger partial charge in [0.25, 0.3) is 0 Å². The molecule has 3 nitrogen and oxygen atoms in total. The number of aromatic nitrogens is 2. The monoisotopic (exact) mass is 282 g/mol. The highest BCUT2D eigenvalue weighted by Crippen LogP contribution is 2.31. The molecule has 1 heterocycles. The third-order valence-electron chi connectivity index (χ3n) is 3.16. The van der Waals surface area contributed by atoms with Gasteiger partial charge in [-0.05, 0) is 26.0 Å². The van der Waals surface area contributed by atoms with Gasteiger partial charge in [0, 0.05) is 17.8 Å².